The summed E-state index contributed by atoms with van der Waals surface area (Å²) in [6.45, 7) is 14.4. The number of nitrogens with one attached hydrogen (secondary N) is 2. The molecule has 0 unspecified atom stereocenters. The van der Waals surface area contributed by atoms with Crippen LogP contribution in [-0.2, 0) is 52.8 Å². The maximum atomic E-state index is 14.7. The fraction of sp³-hybridized carbons (Fsp3) is 0.471. The Morgan fingerprint density at radius 3 is 2.42 bits per heavy atom. The van der Waals surface area contributed by atoms with Crippen molar-refractivity contribution >= 4 is 108 Å². The van der Waals surface area contributed by atoms with E-state index in [9.17, 15) is 29.2 Å². The van der Waals surface area contributed by atoms with Gasteiger partial charge >= 0.3 is 5.97 Å². The van der Waals surface area contributed by atoms with E-state index in [0.29, 0.717) is 38.8 Å². The van der Waals surface area contributed by atoms with Crippen LogP contribution in [0.5, 0.6) is 0 Å². The molecular weight excluding hydrogens is 997 g/mol. The first-order chi connectivity index (χ1) is 31.5. The molecule has 71 heavy (non-hydrogen) atoms. The zero-order valence-electron chi connectivity index (χ0n) is 41.6. The quantitative estimate of drug-likeness (QED) is 0.135. The molecule has 7 rings (SSSR count). The Labute approximate surface area is 453 Å². The standard InChI is InChI=1S/C51H62N8O7.5H2S/c1-9-43(60)57-23-19-36(29-57)48(62)56(7)45(31(2)3)47(61)54-41-26-33-13-10-14-34(25-33)35-17-18-42-38(27-35)39(46(58(42)24-20-52)37-15-11-21-53-44(37)32(4)65-8)28-51(5,6)30-66-50(64)40-16-12-22-59(55-40)49(41)63;;;;;/h9-11,13-15,17-18,21,25,27,31-32,36,40-41,45,55H,1,12,16,19,22-24,26,28-30H2,2-8H3,(H,54,61);5*1H2/t32-,36-,40-,41-,45-;;;;;/m0...../s1. The Morgan fingerprint density at radius 1 is 1.03 bits per heavy atom. The van der Waals surface area contributed by atoms with Gasteiger partial charge in [0, 0.05) is 68.3 Å². The third-order valence-electron chi connectivity index (χ3n) is 13.2. The number of amides is 4. The number of likely N-dealkylation sites (tertiary alicyclic amines) is 1. The minimum Gasteiger partial charge on any atom is -0.464 e. The van der Waals surface area contributed by atoms with Crippen molar-refractivity contribution in [2.24, 2.45) is 17.3 Å². The molecule has 15 nitrogen and oxygen atoms in total. The monoisotopic (exact) mass is 1070 g/mol. The van der Waals surface area contributed by atoms with E-state index in [2.05, 4.69) is 29.5 Å². The molecule has 2 N–H and O–H groups in total. The SMILES string of the molecule is C=CC(=O)N1CC[C@H](C(=O)N(C)[C@H](C(=O)N[C@H]2Cc3cccc(c3)-c3ccc4c(c3)c(c(-c3cccnc3[C@H](C)OC)n4CC#N)CC(C)(C)COC(=O)[C@@H]3CCCN(N3)C2=O)C(C)C)C1.S.S.S.S.S. The Morgan fingerprint density at radius 2 is 1.75 bits per heavy atom. The van der Waals surface area contributed by atoms with E-state index in [4.69, 9.17) is 14.5 Å². The average Bonchev–Trinajstić information content (AvgIpc) is 3.92. The lowest BCUT2D eigenvalue weighted by Gasteiger charge is -2.37. The number of hydrogen-bond donors (Lipinski definition) is 2. The molecule has 0 saturated carbocycles. The molecule has 388 valence electrons. The van der Waals surface area contributed by atoms with Crippen molar-refractivity contribution in [3.05, 3.63) is 90.3 Å². The number of rotatable bonds is 10. The molecule has 0 spiro atoms. The van der Waals surface area contributed by atoms with Gasteiger partial charge in [0.2, 0.25) is 17.7 Å². The summed E-state index contributed by atoms with van der Waals surface area (Å²) < 4.78 is 13.9. The summed E-state index contributed by atoms with van der Waals surface area (Å²) in [5.41, 5.74) is 9.38. The van der Waals surface area contributed by atoms with Gasteiger partial charge in [0.25, 0.3) is 5.91 Å². The number of carbonyl (C=O) groups excluding carboxylic acids is 5. The maximum absolute atomic E-state index is 14.7. The van der Waals surface area contributed by atoms with E-state index < -0.39 is 47.2 Å². The number of ether oxygens (including phenoxy) is 2. The number of hydrazine groups is 1. The maximum Gasteiger partial charge on any atom is 0.324 e. The van der Waals surface area contributed by atoms with Gasteiger partial charge in [-0.1, -0.05) is 64.6 Å². The van der Waals surface area contributed by atoms with Crippen LogP contribution in [-0.4, -0.2) is 112 Å². The number of hydrogen-bond acceptors (Lipinski definition) is 10. The van der Waals surface area contributed by atoms with Gasteiger partial charge < -0.3 is 29.2 Å². The fourth-order valence-electron chi connectivity index (χ4n) is 9.79. The number of fused-ring (bicyclic) bond motifs is 6. The summed E-state index contributed by atoms with van der Waals surface area (Å²) in [6.07, 6.45) is 4.66. The highest BCUT2D eigenvalue weighted by Gasteiger charge is 2.40. The molecule has 6 bridgehead atoms. The first-order valence-corrected chi connectivity index (χ1v) is 22.9. The lowest BCUT2D eigenvalue weighted by atomic mass is 9.84. The highest BCUT2D eigenvalue weighted by molar-refractivity contribution is 7.60. The lowest BCUT2D eigenvalue weighted by Crippen LogP contribution is -2.62. The molecule has 4 aromatic rings. The van der Waals surface area contributed by atoms with E-state index in [-0.39, 0.29) is 117 Å². The van der Waals surface area contributed by atoms with Crippen LogP contribution in [0, 0.1) is 28.6 Å². The predicted molar refractivity (Wildman–Crippen MR) is 302 cm³/mol. The molecule has 2 aromatic heterocycles. The highest BCUT2D eigenvalue weighted by Crippen LogP contribution is 2.42. The number of aromatic nitrogens is 2. The van der Waals surface area contributed by atoms with Gasteiger partial charge in [-0.05, 0) is 91.1 Å². The van der Waals surface area contributed by atoms with Crippen molar-refractivity contribution < 1.29 is 33.4 Å². The second kappa shape index (κ2) is 26.9. The zero-order valence-corrected chi connectivity index (χ0v) is 46.6. The Bertz CT molecular complexity index is 2590. The van der Waals surface area contributed by atoms with Crippen LogP contribution in [0.4, 0.5) is 0 Å². The Kier molecular flexibility index (Phi) is 23.7. The Balaban J connectivity index is 0.00000346. The molecule has 0 radical (unpaired) electrons. The molecule has 3 aliphatic heterocycles. The van der Waals surface area contributed by atoms with Crippen molar-refractivity contribution in [1.82, 2.24) is 35.1 Å². The summed E-state index contributed by atoms with van der Waals surface area (Å²) in [6, 6.07) is 17.5. The molecule has 20 heteroatoms. The predicted octanol–water partition coefficient (Wildman–Crippen LogP) is 6.33. The van der Waals surface area contributed by atoms with Crippen LogP contribution >= 0.6 is 67.5 Å². The summed E-state index contributed by atoms with van der Waals surface area (Å²) in [4.78, 5) is 77.1. The lowest BCUT2D eigenvalue weighted by molar-refractivity contribution is -0.155. The van der Waals surface area contributed by atoms with Crippen LogP contribution in [0.15, 0.2) is 73.4 Å². The number of nitrogens with zero attached hydrogens (tertiary/aromatic N) is 6. The van der Waals surface area contributed by atoms with Crippen molar-refractivity contribution in [2.45, 2.75) is 97.5 Å². The van der Waals surface area contributed by atoms with Crippen LogP contribution < -0.4 is 10.7 Å². The van der Waals surface area contributed by atoms with Gasteiger partial charge in [-0.2, -0.15) is 72.7 Å². The van der Waals surface area contributed by atoms with Crippen LogP contribution in [0.3, 0.4) is 0 Å². The summed E-state index contributed by atoms with van der Waals surface area (Å²) in [5, 5.41) is 15.6. The number of cyclic esters (lactones) is 1. The minimum absolute atomic E-state index is 0. The van der Waals surface area contributed by atoms with Gasteiger partial charge in [-0.15, -0.1) is 0 Å². The number of pyridine rings is 1. The molecular formula is C51H72N8O7S5. The number of benzene rings is 2. The number of esters is 1. The van der Waals surface area contributed by atoms with Gasteiger partial charge in [-0.25, -0.2) is 5.43 Å². The molecule has 2 aromatic carbocycles. The zero-order chi connectivity index (χ0) is 47.4. The first kappa shape index (κ1) is 62.5. The minimum atomic E-state index is -1.08. The summed E-state index contributed by atoms with van der Waals surface area (Å²) >= 11 is 0. The molecule has 5 atom stereocenters. The number of likely N-dealkylation sites (N-methyl/N-ethyl adjacent to an activating group) is 1. The van der Waals surface area contributed by atoms with Crippen LogP contribution in [0.2, 0.25) is 0 Å². The van der Waals surface area contributed by atoms with Gasteiger partial charge in [0.15, 0.2) is 0 Å². The molecule has 2 fully saturated rings. The summed E-state index contributed by atoms with van der Waals surface area (Å²) in [5.74, 6) is -2.70. The van der Waals surface area contributed by atoms with Crippen molar-refractivity contribution in [3.63, 3.8) is 0 Å². The van der Waals surface area contributed by atoms with Crippen molar-refractivity contribution in [3.8, 4) is 28.5 Å². The van der Waals surface area contributed by atoms with Crippen molar-refractivity contribution in [2.75, 3.05) is 40.4 Å². The topological polar surface area (TPSA) is 179 Å². The van der Waals surface area contributed by atoms with E-state index in [1.807, 2.05) is 87.7 Å². The van der Waals surface area contributed by atoms with Crippen LogP contribution in [0.25, 0.3) is 33.3 Å². The number of methoxy groups -OCH3 is 1. The first-order valence-electron chi connectivity index (χ1n) is 22.9. The average molecular weight is 1070 g/mol. The molecule has 3 aliphatic rings. The number of carbonyl (C=O) groups is 5. The van der Waals surface area contributed by atoms with Crippen molar-refractivity contribution in [1.29, 1.82) is 5.26 Å². The van der Waals surface area contributed by atoms with Crippen LogP contribution in [0.1, 0.15) is 76.8 Å². The van der Waals surface area contributed by atoms with E-state index in [1.165, 1.54) is 16.0 Å². The molecule has 0 aliphatic carbocycles. The summed E-state index contributed by atoms with van der Waals surface area (Å²) in [7, 11) is 3.24. The van der Waals surface area contributed by atoms with Gasteiger partial charge in [-0.3, -0.25) is 34.0 Å². The van der Waals surface area contributed by atoms with Gasteiger partial charge in [0.1, 0.15) is 24.7 Å². The molecule has 5 heterocycles. The molecule has 2 saturated heterocycles. The second-order valence-electron chi connectivity index (χ2n) is 19.0. The molecule has 4 amide bonds. The normalized spacial score (nSPS) is 19.3. The fourth-order valence-corrected chi connectivity index (χ4v) is 9.79. The third kappa shape index (κ3) is 13.7. The highest BCUT2D eigenvalue weighted by atomic mass is 32.1. The number of nitriles is 1. The Hall–Kier alpha value is -4.62. The third-order valence-corrected chi connectivity index (χ3v) is 13.2. The van der Waals surface area contributed by atoms with Gasteiger partial charge in [0.05, 0.1) is 36.1 Å². The van der Waals surface area contributed by atoms with E-state index in [0.717, 1.165) is 50.1 Å². The largest absolute Gasteiger partial charge is 0.464 e. The van der Waals surface area contributed by atoms with E-state index >= 15 is 0 Å². The smallest absolute Gasteiger partial charge is 0.324 e. The second-order valence-corrected chi connectivity index (χ2v) is 19.0. The van der Waals surface area contributed by atoms with E-state index in [1.54, 1.807) is 25.3 Å².